The molecule has 92 valence electrons. The maximum Gasteiger partial charge on any atom is 0.221 e. The van der Waals surface area contributed by atoms with Crippen LogP contribution in [0.1, 0.15) is 19.8 Å². The Balaban J connectivity index is 2.32. The number of benzene rings is 1. The Morgan fingerprint density at radius 1 is 1.53 bits per heavy atom. The van der Waals surface area contributed by atoms with E-state index in [1.807, 2.05) is 0 Å². The molecule has 1 amide bonds. The summed E-state index contributed by atoms with van der Waals surface area (Å²) in [6.45, 7) is 1.42. The van der Waals surface area contributed by atoms with Crippen molar-refractivity contribution in [3.8, 4) is 0 Å². The van der Waals surface area contributed by atoms with Gasteiger partial charge < -0.3 is 5.32 Å². The summed E-state index contributed by atoms with van der Waals surface area (Å²) in [5.74, 6) is -0.178. The van der Waals surface area contributed by atoms with E-state index in [0.29, 0.717) is 10.6 Å². The summed E-state index contributed by atoms with van der Waals surface area (Å²) < 4.78 is 16.3. The summed E-state index contributed by atoms with van der Waals surface area (Å²) in [6, 6.07) is 6.80. The minimum absolute atomic E-state index is 0.129. The minimum Gasteiger partial charge on any atom is -0.326 e. The van der Waals surface area contributed by atoms with Crippen LogP contribution in [-0.2, 0) is 13.7 Å². The zero-order chi connectivity index (χ0) is 12.5. The summed E-state index contributed by atoms with van der Waals surface area (Å²) in [6.07, 6.45) is 1.91. The smallest absolute Gasteiger partial charge is 0.221 e. The van der Waals surface area contributed by atoms with Gasteiger partial charge in [0.25, 0.3) is 0 Å². The second-order valence-electron chi connectivity index (χ2n) is 4.00. The number of nitrogens with one attached hydrogen (secondary N) is 1. The van der Waals surface area contributed by atoms with Crippen molar-refractivity contribution in [2.24, 2.45) is 4.36 Å². The van der Waals surface area contributed by atoms with Crippen molar-refractivity contribution in [1.29, 1.82) is 0 Å². The molecule has 0 saturated heterocycles. The molecule has 17 heavy (non-hydrogen) atoms. The van der Waals surface area contributed by atoms with Crippen molar-refractivity contribution in [2.75, 3.05) is 5.32 Å². The van der Waals surface area contributed by atoms with Crippen LogP contribution in [0.2, 0.25) is 0 Å². The first kappa shape index (κ1) is 12.4. The number of amides is 1. The van der Waals surface area contributed by atoms with Crippen molar-refractivity contribution in [3.63, 3.8) is 0 Å². The summed E-state index contributed by atoms with van der Waals surface area (Å²) in [7, 11) is 3.09. The molecule has 0 aromatic heterocycles. The van der Waals surface area contributed by atoms with Gasteiger partial charge in [0.15, 0.2) is 8.94 Å². The van der Waals surface area contributed by atoms with Crippen LogP contribution >= 0.6 is 10.7 Å². The van der Waals surface area contributed by atoms with Crippen LogP contribution < -0.4 is 5.32 Å². The summed E-state index contributed by atoms with van der Waals surface area (Å²) in [4.78, 5) is 11.4. The molecule has 1 aliphatic carbocycles. The Labute approximate surface area is 105 Å². The molecule has 1 aliphatic rings. The van der Waals surface area contributed by atoms with E-state index in [1.165, 1.54) is 6.92 Å². The molecule has 1 N–H and O–H groups in total. The molecule has 0 radical (unpaired) electrons. The van der Waals surface area contributed by atoms with Gasteiger partial charge in [0.1, 0.15) is 0 Å². The fraction of sp³-hybridized carbons (Fsp3) is 0.364. The van der Waals surface area contributed by atoms with Crippen LogP contribution in [0.25, 0.3) is 0 Å². The molecule has 4 nitrogen and oxygen atoms in total. The summed E-state index contributed by atoms with van der Waals surface area (Å²) in [5.41, 5.74) is 0.578. The Hall–Kier alpha value is -1.07. The standard InChI is InChI=1S/C11H13ClN2O2S/c1-8(15)13-10-3-2-4-11(7-10)17(12,16)14-9-5-6-9/h2-4,7,9H,5-6H2,1H3,(H,13,15). The molecular weight excluding hydrogens is 260 g/mol. The summed E-state index contributed by atoms with van der Waals surface area (Å²) >= 11 is 0. The lowest BCUT2D eigenvalue weighted by atomic mass is 10.3. The van der Waals surface area contributed by atoms with Gasteiger partial charge in [-0.1, -0.05) is 6.07 Å². The maximum atomic E-state index is 12.2. The molecule has 0 spiro atoms. The number of carbonyl (C=O) groups is 1. The number of hydrogen-bond acceptors (Lipinski definition) is 3. The fourth-order valence-electron chi connectivity index (χ4n) is 1.37. The third-order valence-corrected chi connectivity index (χ3v) is 4.45. The van der Waals surface area contributed by atoms with Gasteiger partial charge in [-0.05, 0) is 31.0 Å². The molecule has 1 fully saturated rings. The van der Waals surface area contributed by atoms with E-state index >= 15 is 0 Å². The minimum atomic E-state index is -2.86. The van der Waals surface area contributed by atoms with Gasteiger partial charge in [-0.25, -0.2) is 8.57 Å². The Morgan fingerprint density at radius 2 is 2.24 bits per heavy atom. The molecule has 6 heteroatoms. The van der Waals surface area contributed by atoms with Crippen molar-refractivity contribution in [2.45, 2.75) is 30.7 Å². The van der Waals surface area contributed by atoms with Gasteiger partial charge in [-0.3, -0.25) is 4.79 Å². The average Bonchev–Trinajstić information content (AvgIpc) is 3.00. The Kier molecular flexibility index (Phi) is 3.40. The lowest BCUT2D eigenvalue weighted by molar-refractivity contribution is -0.114. The number of anilines is 1. The third kappa shape index (κ3) is 3.44. The Bertz CT molecular complexity index is 560. The third-order valence-electron chi connectivity index (χ3n) is 2.28. The molecule has 1 atom stereocenters. The Morgan fingerprint density at radius 3 is 2.82 bits per heavy atom. The van der Waals surface area contributed by atoms with E-state index in [-0.39, 0.29) is 11.9 Å². The van der Waals surface area contributed by atoms with Gasteiger partial charge in [-0.15, -0.1) is 0 Å². The highest BCUT2D eigenvalue weighted by Crippen LogP contribution is 2.30. The average molecular weight is 273 g/mol. The molecule has 0 heterocycles. The molecule has 2 rings (SSSR count). The van der Waals surface area contributed by atoms with Crippen LogP contribution in [0.4, 0.5) is 5.69 Å². The first-order valence-corrected chi connectivity index (χ1v) is 7.65. The van der Waals surface area contributed by atoms with Crippen molar-refractivity contribution >= 4 is 31.2 Å². The molecule has 0 bridgehead atoms. The SMILES string of the molecule is CC(=O)Nc1cccc(S(=O)(Cl)=NC2CC2)c1. The van der Waals surface area contributed by atoms with E-state index < -0.39 is 8.94 Å². The normalized spacial score (nSPS) is 18.2. The van der Waals surface area contributed by atoms with Gasteiger partial charge in [0.2, 0.25) is 5.91 Å². The van der Waals surface area contributed by atoms with Crippen molar-refractivity contribution in [3.05, 3.63) is 24.3 Å². The highest BCUT2D eigenvalue weighted by Gasteiger charge is 2.23. The fourth-order valence-corrected chi connectivity index (χ4v) is 3.23. The van der Waals surface area contributed by atoms with Crippen LogP contribution in [-0.4, -0.2) is 16.2 Å². The van der Waals surface area contributed by atoms with Crippen molar-refractivity contribution in [1.82, 2.24) is 0 Å². The first-order valence-electron chi connectivity index (χ1n) is 5.31. The first-order chi connectivity index (χ1) is 7.97. The zero-order valence-corrected chi connectivity index (χ0v) is 10.9. The number of halogens is 1. The molecule has 1 aromatic rings. The predicted molar refractivity (Wildman–Crippen MR) is 68.5 cm³/mol. The van der Waals surface area contributed by atoms with E-state index in [1.54, 1.807) is 24.3 Å². The van der Waals surface area contributed by atoms with E-state index in [0.717, 1.165) is 12.8 Å². The highest BCUT2D eigenvalue weighted by atomic mass is 35.7. The van der Waals surface area contributed by atoms with E-state index in [4.69, 9.17) is 10.7 Å². The molecule has 0 aliphatic heterocycles. The second kappa shape index (κ2) is 4.66. The molecular formula is C11H13ClN2O2S. The molecule has 1 unspecified atom stereocenters. The number of carbonyl (C=O) groups excluding carboxylic acids is 1. The van der Waals surface area contributed by atoms with Gasteiger partial charge in [-0.2, -0.15) is 0 Å². The molecule has 1 aromatic carbocycles. The maximum absolute atomic E-state index is 12.2. The zero-order valence-electron chi connectivity index (χ0n) is 9.35. The lowest BCUT2D eigenvalue weighted by Gasteiger charge is -2.05. The van der Waals surface area contributed by atoms with Crippen LogP contribution in [0.3, 0.4) is 0 Å². The number of nitrogens with zero attached hydrogens (tertiary/aromatic N) is 1. The largest absolute Gasteiger partial charge is 0.326 e. The number of hydrogen-bond donors (Lipinski definition) is 1. The number of rotatable bonds is 3. The van der Waals surface area contributed by atoms with Gasteiger partial charge in [0, 0.05) is 23.3 Å². The van der Waals surface area contributed by atoms with Crippen LogP contribution in [0, 0.1) is 0 Å². The predicted octanol–water partition coefficient (Wildman–Crippen LogP) is 2.79. The van der Waals surface area contributed by atoms with Crippen LogP contribution in [0.15, 0.2) is 33.5 Å². The summed E-state index contributed by atoms with van der Waals surface area (Å²) in [5, 5.41) is 2.62. The van der Waals surface area contributed by atoms with E-state index in [2.05, 4.69) is 9.68 Å². The monoisotopic (exact) mass is 272 g/mol. The topological polar surface area (TPSA) is 58.5 Å². The van der Waals surface area contributed by atoms with Gasteiger partial charge >= 0.3 is 0 Å². The van der Waals surface area contributed by atoms with Crippen molar-refractivity contribution < 1.29 is 9.00 Å². The lowest BCUT2D eigenvalue weighted by Crippen LogP contribution is -2.06. The quantitative estimate of drug-likeness (QED) is 0.860. The van der Waals surface area contributed by atoms with E-state index in [9.17, 15) is 9.00 Å². The second-order valence-corrected chi connectivity index (χ2v) is 6.86. The highest BCUT2D eigenvalue weighted by molar-refractivity contribution is 8.15. The van der Waals surface area contributed by atoms with Crippen LogP contribution in [0.5, 0.6) is 0 Å². The molecule has 1 saturated carbocycles. The van der Waals surface area contributed by atoms with Gasteiger partial charge in [0.05, 0.1) is 10.9 Å².